The first kappa shape index (κ1) is 14.5. The standard InChI is InChI=1S/C16H27N3/c1-16(17,14-8-5-4-6-9-14)13-18(2)12-15-10-7-11-19(15)3/h4-6,8-9,15H,7,10-13,17H2,1-3H3. The Hall–Kier alpha value is -0.900. The predicted molar refractivity (Wildman–Crippen MR) is 81.1 cm³/mol. The van der Waals surface area contributed by atoms with Gasteiger partial charge in [0.25, 0.3) is 0 Å². The lowest BCUT2D eigenvalue weighted by Crippen LogP contribution is -2.47. The van der Waals surface area contributed by atoms with Crippen LogP contribution in [0.2, 0.25) is 0 Å². The van der Waals surface area contributed by atoms with Crippen LogP contribution in [-0.4, -0.2) is 49.6 Å². The van der Waals surface area contributed by atoms with E-state index < -0.39 is 0 Å². The second-order valence-corrected chi connectivity index (χ2v) is 6.26. The van der Waals surface area contributed by atoms with Gasteiger partial charge in [-0.05, 0) is 46.0 Å². The third-order valence-corrected chi connectivity index (χ3v) is 4.23. The van der Waals surface area contributed by atoms with Crippen LogP contribution in [0.25, 0.3) is 0 Å². The Balaban J connectivity index is 1.92. The molecule has 3 nitrogen and oxygen atoms in total. The molecule has 19 heavy (non-hydrogen) atoms. The van der Waals surface area contributed by atoms with Gasteiger partial charge in [-0.2, -0.15) is 0 Å². The Morgan fingerprint density at radius 1 is 1.37 bits per heavy atom. The molecule has 2 unspecified atom stereocenters. The quantitative estimate of drug-likeness (QED) is 0.878. The minimum absolute atomic E-state index is 0.285. The molecule has 0 radical (unpaired) electrons. The van der Waals surface area contributed by atoms with Crippen molar-refractivity contribution in [2.24, 2.45) is 5.73 Å². The number of likely N-dealkylation sites (N-methyl/N-ethyl adjacent to an activating group) is 2. The van der Waals surface area contributed by atoms with E-state index in [9.17, 15) is 0 Å². The van der Waals surface area contributed by atoms with Gasteiger partial charge in [0, 0.05) is 19.1 Å². The Labute approximate surface area is 117 Å². The lowest BCUT2D eigenvalue weighted by molar-refractivity contribution is 0.192. The highest BCUT2D eigenvalue weighted by molar-refractivity contribution is 5.23. The summed E-state index contributed by atoms with van der Waals surface area (Å²) in [5.41, 5.74) is 7.42. The van der Waals surface area contributed by atoms with Crippen molar-refractivity contribution < 1.29 is 0 Å². The van der Waals surface area contributed by atoms with E-state index in [4.69, 9.17) is 5.73 Å². The summed E-state index contributed by atoms with van der Waals surface area (Å²) >= 11 is 0. The van der Waals surface area contributed by atoms with Crippen LogP contribution < -0.4 is 5.73 Å². The fraction of sp³-hybridized carbons (Fsp3) is 0.625. The van der Waals surface area contributed by atoms with Gasteiger partial charge in [0.1, 0.15) is 0 Å². The zero-order valence-corrected chi connectivity index (χ0v) is 12.5. The molecule has 1 aromatic carbocycles. The Morgan fingerprint density at radius 3 is 2.63 bits per heavy atom. The van der Waals surface area contributed by atoms with Gasteiger partial charge in [0.2, 0.25) is 0 Å². The van der Waals surface area contributed by atoms with Gasteiger partial charge < -0.3 is 15.5 Å². The topological polar surface area (TPSA) is 32.5 Å². The number of hydrogen-bond donors (Lipinski definition) is 1. The zero-order valence-electron chi connectivity index (χ0n) is 12.5. The van der Waals surface area contributed by atoms with Crippen LogP contribution in [0.5, 0.6) is 0 Å². The molecule has 106 valence electrons. The third kappa shape index (κ3) is 3.78. The molecule has 1 heterocycles. The first-order chi connectivity index (χ1) is 8.99. The highest BCUT2D eigenvalue weighted by Gasteiger charge is 2.26. The van der Waals surface area contributed by atoms with Gasteiger partial charge in [-0.3, -0.25) is 0 Å². The molecule has 0 spiro atoms. The largest absolute Gasteiger partial charge is 0.321 e. The van der Waals surface area contributed by atoms with E-state index in [2.05, 4.69) is 55.1 Å². The first-order valence-corrected chi connectivity index (χ1v) is 7.22. The molecule has 1 fully saturated rings. The lowest BCUT2D eigenvalue weighted by atomic mass is 9.92. The minimum atomic E-state index is -0.285. The maximum atomic E-state index is 6.49. The SMILES string of the molecule is CN(CC1CCCN1C)CC(C)(N)c1ccccc1. The van der Waals surface area contributed by atoms with Crippen molar-refractivity contribution in [3.05, 3.63) is 35.9 Å². The van der Waals surface area contributed by atoms with Crippen molar-refractivity contribution in [1.29, 1.82) is 0 Å². The molecule has 2 atom stereocenters. The van der Waals surface area contributed by atoms with Crippen molar-refractivity contribution in [3.63, 3.8) is 0 Å². The number of benzene rings is 1. The van der Waals surface area contributed by atoms with Crippen LogP contribution >= 0.6 is 0 Å². The highest BCUT2D eigenvalue weighted by atomic mass is 15.2. The molecular formula is C16H27N3. The van der Waals surface area contributed by atoms with Crippen molar-refractivity contribution >= 4 is 0 Å². The summed E-state index contributed by atoms with van der Waals surface area (Å²) in [7, 11) is 4.41. The average Bonchev–Trinajstić information content (AvgIpc) is 2.75. The minimum Gasteiger partial charge on any atom is -0.321 e. The predicted octanol–water partition coefficient (Wildman–Crippen LogP) is 1.89. The van der Waals surface area contributed by atoms with Crippen LogP contribution in [-0.2, 0) is 5.54 Å². The molecule has 0 saturated carbocycles. The second-order valence-electron chi connectivity index (χ2n) is 6.26. The molecule has 0 aromatic heterocycles. The number of rotatable bonds is 5. The van der Waals surface area contributed by atoms with Crippen LogP contribution in [0.3, 0.4) is 0 Å². The average molecular weight is 261 g/mol. The van der Waals surface area contributed by atoms with Crippen LogP contribution in [0, 0.1) is 0 Å². The molecule has 2 rings (SSSR count). The van der Waals surface area contributed by atoms with Crippen molar-refractivity contribution in [2.45, 2.75) is 31.3 Å². The normalized spacial score (nSPS) is 23.7. The Kier molecular flexibility index (Phi) is 4.61. The molecule has 1 aliphatic heterocycles. The molecule has 3 heteroatoms. The van der Waals surface area contributed by atoms with Crippen LogP contribution in [0.4, 0.5) is 0 Å². The summed E-state index contributed by atoms with van der Waals surface area (Å²) in [5, 5.41) is 0. The molecule has 1 aromatic rings. The third-order valence-electron chi connectivity index (χ3n) is 4.23. The smallest absolute Gasteiger partial charge is 0.0509 e. The monoisotopic (exact) mass is 261 g/mol. The Morgan fingerprint density at radius 2 is 2.05 bits per heavy atom. The van der Waals surface area contributed by atoms with Crippen LogP contribution in [0.1, 0.15) is 25.3 Å². The van der Waals surface area contributed by atoms with Gasteiger partial charge in [-0.25, -0.2) is 0 Å². The molecule has 1 aliphatic rings. The van der Waals surface area contributed by atoms with E-state index in [0.29, 0.717) is 6.04 Å². The van der Waals surface area contributed by atoms with Gasteiger partial charge in [0.15, 0.2) is 0 Å². The van der Waals surface area contributed by atoms with Crippen molar-refractivity contribution in [2.75, 3.05) is 33.7 Å². The van der Waals surface area contributed by atoms with Crippen LogP contribution in [0.15, 0.2) is 30.3 Å². The molecule has 0 bridgehead atoms. The highest BCUT2D eigenvalue weighted by Crippen LogP contribution is 2.20. The fourth-order valence-electron chi connectivity index (χ4n) is 3.11. The number of nitrogens with two attached hydrogens (primary N) is 1. The number of hydrogen-bond acceptors (Lipinski definition) is 3. The molecule has 0 aliphatic carbocycles. The summed E-state index contributed by atoms with van der Waals surface area (Å²) in [5.74, 6) is 0. The summed E-state index contributed by atoms with van der Waals surface area (Å²) in [6, 6.07) is 11.1. The van der Waals surface area contributed by atoms with Crippen molar-refractivity contribution in [3.8, 4) is 0 Å². The molecule has 2 N–H and O–H groups in total. The van der Waals surface area contributed by atoms with Gasteiger partial charge >= 0.3 is 0 Å². The first-order valence-electron chi connectivity index (χ1n) is 7.22. The molecule has 1 saturated heterocycles. The number of likely N-dealkylation sites (tertiary alicyclic amines) is 1. The number of nitrogens with zero attached hydrogens (tertiary/aromatic N) is 2. The zero-order chi connectivity index (χ0) is 13.9. The second kappa shape index (κ2) is 6.04. The van der Waals surface area contributed by atoms with E-state index in [1.54, 1.807) is 0 Å². The van der Waals surface area contributed by atoms with Gasteiger partial charge in [0.05, 0.1) is 5.54 Å². The van der Waals surface area contributed by atoms with E-state index in [1.165, 1.54) is 24.9 Å². The summed E-state index contributed by atoms with van der Waals surface area (Å²) in [6.07, 6.45) is 2.64. The van der Waals surface area contributed by atoms with Crippen molar-refractivity contribution in [1.82, 2.24) is 9.80 Å². The van der Waals surface area contributed by atoms with Gasteiger partial charge in [-0.15, -0.1) is 0 Å². The van der Waals surface area contributed by atoms with E-state index in [-0.39, 0.29) is 5.54 Å². The maximum absolute atomic E-state index is 6.49. The molecular weight excluding hydrogens is 234 g/mol. The Bertz CT molecular complexity index is 388. The summed E-state index contributed by atoms with van der Waals surface area (Å²) in [6.45, 7) is 5.35. The van der Waals surface area contributed by atoms with E-state index >= 15 is 0 Å². The van der Waals surface area contributed by atoms with Gasteiger partial charge in [-0.1, -0.05) is 30.3 Å². The molecule has 0 amide bonds. The lowest BCUT2D eigenvalue weighted by Gasteiger charge is -2.33. The van der Waals surface area contributed by atoms with E-state index in [1.807, 2.05) is 6.07 Å². The summed E-state index contributed by atoms with van der Waals surface area (Å²) in [4.78, 5) is 4.84. The fourth-order valence-corrected chi connectivity index (χ4v) is 3.11. The summed E-state index contributed by atoms with van der Waals surface area (Å²) < 4.78 is 0. The maximum Gasteiger partial charge on any atom is 0.0509 e. The van der Waals surface area contributed by atoms with E-state index in [0.717, 1.165) is 13.1 Å².